The van der Waals surface area contributed by atoms with E-state index in [0.29, 0.717) is 11.6 Å². The van der Waals surface area contributed by atoms with Crippen molar-refractivity contribution in [1.29, 1.82) is 0 Å². The van der Waals surface area contributed by atoms with E-state index in [0.717, 1.165) is 10.5 Å². The number of likely N-dealkylation sites (N-methyl/N-ethyl adjacent to an activating group) is 1. The summed E-state index contributed by atoms with van der Waals surface area (Å²) >= 11 is 7.36. The average molecular weight is 380 g/mol. The number of nitrogens with zero attached hydrogens (tertiary/aromatic N) is 1. The maximum atomic E-state index is 12.1. The first-order valence-corrected chi connectivity index (χ1v) is 9.03. The van der Waals surface area contributed by atoms with Crippen LogP contribution in [0.2, 0.25) is 5.02 Å². The van der Waals surface area contributed by atoms with E-state index in [1.807, 2.05) is 30.5 Å². The van der Waals surface area contributed by atoms with Crippen LogP contribution in [-0.4, -0.2) is 41.8 Å². The molecule has 1 N–H and O–H groups in total. The van der Waals surface area contributed by atoms with Crippen LogP contribution >= 0.6 is 23.4 Å². The zero-order valence-electron chi connectivity index (χ0n) is 13.9. The summed E-state index contributed by atoms with van der Waals surface area (Å²) in [4.78, 5) is 26.7. The van der Waals surface area contributed by atoms with Crippen LogP contribution < -0.4 is 0 Å². The summed E-state index contributed by atoms with van der Waals surface area (Å²) < 4.78 is 4.97. The largest absolute Gasteiger partial charge is 0.507 e. The molecule has 2 aromatic carbocycles. The van der Waals surface area contributed by atoms with Gasteiger partial charge in [-0.15, -0.1) is 11.8 Å². The lowest BCUT2D eigenvalue weighted by Gasteiger charge is -2.17. The van der Waals surface area contributed by atoms with E-state index < -0.39 is 12.6 Å². The maximum Gasteiger partial charge on any atom is 0.342 e. The molecule has 0 bridgehead atoms. The molecule has 0 saturated heterocycles. The van der Waals surface area contributed by atoms with Crippen molar-refractivity contribution in [2.75, 3.05) is 19.9 Å². The summed E-state index contributed by atoms with van der Waals surface area (Å²) in [6.45, 7) is 0.0114. The van der Waals surface area contributed by atoms with E-state index in [9.17, 15) is 14.7 Å². The summed E-state index contributed by atoms with van der Waals surface area (Å²) in [5, 5.41) is 9.99. The highest BCUT2D eigenvalue weighted by atomic mass is 35.5. The number of thioether (sulfide) groups is 1. The quantitative estimate of drug-likeness (QED) is 0.613. The first-order valence-electron chi connectivity index (χ1n) is 7.43. The number of rotatable bonds is 6. The van der Waals surface area contributed by atoms with Crippen molar-refractivity contribution in [3.05, 3.63) is 58.6 Å². The average Bonchev–Trinajstić information content (AvgIpc) is 2.60. The standard InChI is InChI=1S/C18H18ClNO4S/c1-20(10-12-3-6-14(25-2)7-4-12)17(22)11-24-18(23)15-8-5-13(19)9-16(15)21/h3-9,21H,10-11H2,1-2H3. The third kappa shape index (κ3) is 5.41. The van der Waals surface area contributed by atoms with Gasteiger partial charge >= 0.3 is 5.97 Å². The number of benzene rings is 2. The number of halogens is 1. The molecular weight excluding hydrogens is 362 g/mol. The Labute approximate surface area is 155 Å². The van der Waals surface area contributed by atoms with E-state index in [4.69, 9.17) is 16.3 Å². The van der Waals surface area contributed by atoms with Crippen molar-refractivity contribution < 1.29 is 19.4 Å². The molecule has 0 spiro atoms. The van der Waals surface area contributed by atoms with Gasteiger partial charge in [-0.1, -0.05) is 23.7 Å². The Kier molecular flexibility index (Phi) is 6.73. The van der Waals surface area contributed by atoms with Gasteiger partial charge in [0.2, 0.25) is 0 Å². The lowest BCUT2D eigenvalue weighted by Crippen LogP contribution is -2.30. The molecule has 1 amide bonds. The molecular formula is C18H18ClNO4S. The van der Waals surface area contributed by atoms with Crippen LogP contribution in [0.3, 0.4) is 0 Å². The number of hydrogen-bond donors (Lipinski definition) is 1. The zero-order valence-corrected chi connectivity index (χ0v) is 15.4. The highest BCUT2D eigenvalue weighted by Gasteiger charge is 2.16. The number of carbonyl (C=O) groups excluding carboxylic acids is 2. The molecule has 2 aromatic rings. The summed E-state index contributed by atoms with van der Waals surface area (Å²) in [5.41, 5.74) is 0.947. The van der Waals surface area contributed by atoms with Gasteiger partial charge in [-0.3, -0.25) is 4.79 Å². The number of hydrogen-bond acceptors (Lipinski definition) is 5. The van der Waals surface area contributed by atoms with Gasteiger partial charge in [0.25, 0.3) is 5.91 Å². The highest BCUT2D eigenvalue weighted by molar-refractivity contribution is 7.98. The Morgan fingerprint density at radius 2 is 1.88 bits per heavy atom. The Balaban J connectivity index is 1.88. The molecule has 25 heavy (non-hydrogen) atoms. The number of phenols is 1. The molecule has 0 fully saturated rings. The van der Waals surface area contributed by atoms with Crippen molar-refractivity contribution in [2.24, 2.45) is 0 Å². The summed E-state index contributed by atoms with van der Waals surface area (Å²) in [6, 6.07) is 11.9. The van der Waals surface area contributed by atoms with Crippen LogP contribution in [0.4, 0.5) is 0 Å². The van der Waals surface area contributed by atoms with E-state index in [2.05, 4.69) is 0 Å². The van der Waals surface area contributed by atoms with Crippen LogP contribution in [0.5, 0.6) is 5.75 Å². The van der Waals surface area contributed by atoms with Crippen LogP contribution in [0.1, 0.15) is 15.9 Å². The van der Waals surface area contributed by atoms with Crippen molar-refractivity contribution in [2.45, 2.75) is 11.4 Å². The highest BCUT2D eigenvalue weighted by Crippen LogP contribution is 2.22. The number of ether oxygens (including phenoxy) is 1. The molecule has 0 radical (unpaired) electrons. The van der Waals surface area contributed by atoms with Gasteiger partial charge in [-0.2, -0.15) is 0 Å². The number of esters is 1. The van der Waals surface area contributed by atoms with Crippen LogP contribution in [0.25, 0.3) is 0 Å². The second kappa shape index (κ2) is 8.78. The lowest BCUT2D eigenvalue weighted by molar-refractivity contribution is -0.133. The van der Waals surface area contributed by atoms with Gasteiger partial charge in [0.15, 0.2) is 6.61 Å². The molecule has 0 heterocycles. The Morgan fingerprint density at radius 3 is 2.48 bits per heavy atom. The second-order valence-corrected chi connectivity index (χ2v) is 6.65. The van der Waals surface area contributed by atoms with Crippen LogP contribution in [0, 0.1) is 0 Å². The van der Waals surface area contributed by atoms with Crippen molar-refractivity contribution >= 4 is 35.2 Å². The van der Waals surface area contributed by atoms with E-state index >= 15 is 0 Å². The zero-order chi connectivity index (χ0) is 18.4. The van der Waals surface area contributed by atoms with E-state index in [1.54, 1.807) is 18.8 Å². The minimum Gasteiger partial charge on any atom is -0.507 e. The SMILES string of the molecule is CSc1ccc(CN(C)C(=O)COC(=O)c2ccc(Cl)cc2O)cc1. The number of aromatic hydroxyl groups is 1. The molecule has 0 aliphatic carbocycles. The van der Waals surface area contributed by atoms with Gasteiger partial charge in [0, 0.05) is 23.5 Å². The minimum absolute atomic E-state index is 0.0347. The molecule has 0 aliphatic heterocycles. The molecule has 132 valence electrons. The van der Waals surface area contributed by atoms with Gasteiger partial charge in [0.1, 0.15) is 11.3 Å². The molecule has 0 atom stereocenters. The van der Waals surface area contributed by atoms with Crippen molar-refractivity contribution in [3.63, 3.8) is 0 Å². The molecule has 0 aliphatic rings. The molecule has 7 heteroatoms. The lowest BCUT2D eigenvalue weighted by atomic mass is 10.2. The van der Waals surface area contributed by atoms with Crippen molar-refractivity contribution in [3.8, 4) is 5.75 Å². The predicted molar refractivity (Wildman–Crippen MR) is 98.1 cm³/mol. The normalized spacial score (nSPS) is 10.4. The van der Waals surface area contributed by atoms with Gasteiger partial charge < -0.3 is 14.7 Å². The third-order valence-corrected chi connectivity index (χ3v) is 4.49. The molecule has 0 aromatic heterocycles. The van der Waals surface area contributed by atoms with Gasteiger partial charge in [-0.05, 0) is 42.2 Å². The predicted octanol–water partition coefficient (Wildman–Crippen LogP) is 3.58. The minimum atomic E-state index is -0.778. The third-order valence-electron chi connectivity index (χ3n) is 3.51. The monoisotopic (exact) mass is 379 g/mol. The summed E-state index contributed by atoms with van der Waals surface area (Å²) in [6.07, 6.45) is 2.00. The first-order chi connectivity index (χ1) is 11.9. The van der Waals surface area contributed by atoms with Gasteiger partial charge in [0.05, 0.1) is 0 Å². The number of carbonyl (C=O) groups is 2. The second-order valence-electron chi connectivity index (χ2n) is 5.34. The Bertz CT molecular complexity index is 764. The van der Waals surface area contributed by atoms with E-state index in [-0.39, 0.29) is 17.2 Å². The fourth-order valence-electron chi connectivity index (χ4n) is 2.09. The molecule has 2 rings (SSSR count). The van der Waals surface area contributed by atoms with Crippen molar-refractivity contribution in [1.82, 2.24) is 4.90 Å². The van der Waals surface area contributed by atoms with Crippen LogP contribution in [0.15, 0.2) is 47.4 Å². The fraction of sp³-hybridized carbons (Fsp3) is 0.222. The number of amides is 1. The number of phenolic OH excluding ortho intramolecular Hbond substituents is 1. The van der Waals surface area contributed by atoms with Crippen LogP contribution in [-0.2, 0) is 16.1 Å². The Hall–Kier alpha value is -2.18. The molecule has 5 nitrogen and oxygen atoms in total. The van der Waals surface area contributed by atoms with E-state index in [1.165, 1.54) is 23.1 Å². The summed E-state index contributed by atoms with van der Waals surface area (Å²) in [7, 11) is 1.64. The maximum absolute atomic E-state index is 12.1. The fourth-order valence-corrected chi connectivity index (χ4v) is 2.66. The topological polar surface area (TPSA) is 66.8 Å². The Morgan fingerprint density at radius 1 is 1.20 bits per heavy atom. The van der Waals surface area contributed by atoms with Gasteiger partial charge in [-0.25, -0.2) is 4.79 Å². The molecule has 0 unspecified atom stereocenters. The smallest absolute Gasteiger partial charge is 0.342 e. The molecule has 0 saturated carbocycles. The first kappa shape index (κ1) is 19.1. The summed E-state index contributed by atoms with van der Waals surface area (Å²) in [5.74, 6) is -1.40.